The number of carboxylic acids is 1. The van der Waals surface area contributed by atoms with Gasteiger partial charge in [0, 0.05) is 14.1 Å². The van der Waals surface area contributed by atoms with Gasteiger partial charge in [0.2, 0.25) is 5.95 Å². The second-order valence-corrected chi connectivity index (χ2v) is 5.96. The third kappa shape index (κ3) is 2.65. The smallest absolute Gasteiger partial charge is 0.325 e. The molecule has 2 rings (SSSR count). The lowest BCUT2D eigenvalue weighted by Crippen LogP contribution is -2.31. The zero-order valence-corrected chi connectivity index (χ0v) is 13.7. The van der Waals surface area contributed by atoms with Gasteiger partial charge < -0.3 is 10.0 Å². The standard InChI is InChI=1S/C12H16BrN5O3/c1-6(2)9-8(13)10-11(21)17(5-7(19)20)15-12(16(3)4)18(10)14-9/h6H,5H2,1-4H3,(H,19,20). The molecule has 0 atom stereocenters. The van der Waals surface area contributed by atoms with Crippen LogP contribution < -0.4 is 10.5 Å². The SMILES string of the molecule is CC(C)c1nn2c(N(C)C)nn(CC(=O)O)c(=O)c2c1Br. The minimum Gasteiger partial charge on any atom is -0.480 e. The van der Waals surface area contributed by atoms with Crippen LogP contribution in [-0.2, 0) is 11.3 Å². The maximum atomic E-state index is 12.4. The molecule has 21 heavy (non-hydrogen) atoms. The molecule has 2 aromatic heterocycles. The summed E-state index contributed by atoms with van der Waals surface area (Å²) < 4.78 is 2.95. The minimum absolute atomic E-state index is 0.113. The Bertz CT molecular complexity index is 762. The van der Waals surface area contributed by atoms with E-state index in [2.05, 4.69) is 26.1 Å². The van der Waals surface area contributed by atoms with Crippen molar-refractivity contribution >= 4 is 33.4 Å². The number of fused-ring (bicyclic) bond motifs is 1. The first-order chi connectivity index (χ1) is 9.73. The fraction of sp³-hybridized carbons (Fsp3) is 0.500. The third-order valence-corrected chi connectivity index (χ3v) is 3.70. The predicted octanol–water partition coefficient (Wildman–Crippen LogP) is 0.927. The maximum absolute atomic E-state index is 12.4. The Morgan fingerprint density at radius 2 is 2.00 bits per heavy atom. The number of carboxylic acid groups (broad SMARTS) is 1. The fourth-order valence-corrected chi connectivity index (χ4v) is 2.82. The molecule has 1 N–H and O–H groups in total. The molecule has 0 unspecified atom stereocenters. The lowest BCUT2D eigenvalue weighted by atomic mass is 10.1. The van der Waals surface area contributed by atoms with Crippen molar-refractivity contribution in [3.05, 3.63) is 20.5 Å². The summed E-state index contributed by atoms with van der Waals surface area (Å²) in [5.74, 6) is -0.626. The quantitative estimate of drug-likeness (QED) is 0.874. The van der Waals surface area contributed by atoms with Crippen molar-refractivity contribution in [3.8, 4) is 0 Å². The average molecular weight is 358 g/mol. The lowest BCUT2D eigenvalue weighted by Gasteiger charge is -2.14. The Balaban J connectivity index is 2.88. The summed E-state index contributed by atoms with van der Waals surface area (Å²) in [4.78, 5) is 25.0. The van der Waals surface area contributed by atoms with Gasteiger partial charge in [0.1, 0.15) is 6.54 Å². The highest BCUT2D eigenvalue weighted by atomic mass is 79.9. The summed E-state index contributed by atoms with van der Waals surface area (Å²) in [6, 6.07) is 0. The molecular formula is C12H16BrN5O3. The maximum Gasteiger partial charge on any atom is 0.325 e. The number of halogens is 1. The van der Waals surface area contributed by atoms with Crippen LogP contribution in [0.15, 0.2) is 9.27 Å². The van der Waals surface area contributed by atoms with Crippen molar-refractivity contribution in [1.82, 2.24) is 19.4 Å². The van der Waals surface area contributed by atoms with Crippen LogP contribution in [0.3, 0.4) is 0 Å². The van der Waals surface area contributed by atoms with Crippen LogP contribution in [0.2, 0.25) is 0 Å². The number of anilines is 1. The van der Waals surface area contributed by atoms with Crippen LogP contribution in [0, 0.1) is 0 Å². The molecule has 0 saturated heterocycles. The number of carbonyl (C=O) groups is 1. The first-order valence-corrected chi connectivity index (χ1v) is 7.11. The van der Waals surface area contributed by atoms with Gasteiger partial charge >= 0.3 is 5.97 Å². The zero-order valence-electron chi connectivity index (χ0n) is 12.2. The molecule has 9 heteroatoms. The molecule has 114 valence electrons. The van der Waals surface area contributed by atoms with E-state index < -0.39 is 18.1 Å². The minimum atomic E-state index is -1.13. The van der Waals surface area contributed by atoms with E-state index in [0.29, 0.717) is 15.9 Å². The molecule has 0 aliphatic carbocycles. The van der Waals surface area contributed by atoms with Crippen LogP contribution in [0.5, 0.6) is 0 Å². The van der Waals surface area contributed by atoms with Gasteiger partial charge in [-0.25, -0.2) is 4.68 Å². The highest BCUT2D eigenvalue weighted by molar-refractivity contribution is 9.10. The molecule has 2 aromatic rings. The van der Waals surface area contributed by atoms with Gasteiger partial charge in [-0.15, -0.1) is 5.10 Å². The Hall–Kier alpha value is -1.90. The van der Waals surface area contributed by atoms with Crippen molar-refractivity contribution < 1.29 is 9.90 Å². The molecule has 0 saturated carbocycles. The monoisotopic (exact) mass is 357 g/mol. The van der Waals surface area contributed by atoms with Gasteiger partial charge in [-0.05, 0) is 21.8 Å². The van der Waals surface area contributed by atoms with Crippen LogP contribution in [0.1, 0.15) is 25.5 Å². The predicted molar refractivity (Wildman–Crippen MR) is 81.0 cm³/mol. The molecule has 8 nitrogen and oxygen atoms in total. The van der Waals surface area contributed by atoms with Crippen molar-refractivity contribution in [2.45, 2.75) is 26.3 Å². The molecule has 0 aliphatic heterocycles. The van der Waals surface area contributed by atoms with E-state index in [-0.39, 0.29) is 5.92 Å². The molecule has 0 amide bonds. The van der Waals surface area contributed by atoms with E-state index in [1.54, 1.807) is 19.0 Å². The Kier molecular flexibility index (Phi) is 4.04. The summed E-state index contributed by atoms with van der Waals surface area (Å²) in [6.45, 7) is 3.43. The molecule has 0 aliphatic rings. The second kappa shape index (κ2) is 5.47. The molecular weight excluding hydrogens is 342 g/mol. The number of hydrogen-bond acceptors (Lipinski definition) is 5. The molecule has 0 aromatic carbocycles. The fourth-order valence-electron chi connectivity index (χ4n) is 1.95. The number of aliphatic carboxylic acids is 1. The topological polar surface area (TPSA) is 92.7 Å². The highest BCUT2D eigenvalue weighted by Crippen LogP contribution is 2.27. The summed E-state index contributed by atoms with van der Waals surface area (Å²) in [5, 5.41) is 17.4. The van der Waals surface area contributed by atoms with Crippen LogP contribution in [0.25, 0.3) is 5.52 Å². The number of hydrogen-bond donors (Lipinski definition) is 1. The highest BCUT2D eigenvalue weighted by Gasteiger charge is 2.22. The Labute approximate surface area is 129 Å². The second-order valence-electron chi connectivity index (χ2n) is 5.17. The van der Waals surface area contributed by atoms with Crippen LogP contribution in [-0.4, -0.2) is 44.6 Å². The van der Waals surface area contributed by atoms with Crippen molar-refractivity contribution in [1.29, 1.82) is 0 Å². The first-order valence-electron chi connectivity index (χ1n) is 6.32. The van der Waals surface area contributed by atoms with E-state index >= 15 is 0 Å². The third-order valence-electron chi connectivity index (χ3n) is 2.92. The van der Waals surface area contributed by atoms with E-state index in [1.807, 2.05) is 13.8 Å². The Morgan fingerprint density at radius 1 is 1.38 bits per heavy atom. The van der Waals surface area contributed by atoms with Gasteiger partial charge in [-0.2, -0.15) is 9.61 Å². The normalized spacial score (nSPS) is 11.3. The van der Waals surface area contributed by atoms with Gasteiger partial charge in [0.15, 0.2) is 5.52 Å². The van der Waals surface area contributed by atoms with E-state index in [1.165, 1.54) is 4.52 Å². The molecule has 0 radical (unpaired) electrons. The van der Waals surface area contributed by atoms with Gasteiger partial charge in [-0.3, -0.25) is 9.59 Å². The zero-order chi connectivity index (χ0) is 15.9. The lowest BCUT2D eigenvalue weighted by molar-refractivity contribution is -0.137. The first kappa shape index (κ1) is 15.5. The summed E-state index contributed by atoms with van der Waals surface area (Å²) >= 11 is 3.40. The molecule has 0 spiro atoms. The van der Waals surface area contributed by atoms with E-state index in [9.17, 15) is 9.59 Å². The number of nitrogens with zero attached hydrogens (tertiary/aromatic N) is 5. The van der Waals surface area contributed by atoms with Crippen LogP contribution in [0.4, 0.5) is 5.95 Å². The van der Waals surface area contributed by atoms with Crippen LogP contribution >= 0.6 is 15.9 Å². The largest absolute Gasteiger partial charge is 0.480 e. The van der Waals surface area contributed by atoms with Crippen molar-refractivity contribution in [2.75, 3.05) is 19.0 Å². The summed E-state index contributed by atoms with van der Waals surface area (Å²) in [6.07, 6.45) is 0. The Morgan fingerprint density at radius 3 is 2.48 bits per heavy atom. The molecule has 0 fully saturated rings. The molecule has 0 bridgehead atoms. The average Bonchev–Trinajstić information content (AvgIpc) is 2.70. The van der Waals surface area contributed by atoms with E-state index in [0.717, 1.165) is 10.4 Å². The number of aromatic nitrogens is 4. The van der Waals surface area contributed by atoms with Gasteiger partial charge in [-0.1, -0.05) is 13.8 Å². The van der Waals surface area contributed by atoms with Gasteiger partial charge in [0.25, 0.3) is 5.56 Å². The van der Waals surface area contributed by atoms with E-state index in [4.69, 9.17) is 5.11 Å². The molecule has 2 heterocycles. The van der Waals surface area contributed by atoms with Crippen molar-refractivity contribution in [2.24, 2.45) is 0 Å². The van der Waals surface area contributed by atoms with Crippen molar-refractivity contribution in [3.63, 3.8) is 0 Å². The summed E-state index contributed by atoms with van der Waals surface area (Å²) in [5.41, 5.74) is 0.526. The van der Waals surface area contributed by atoms with Gasteiger partial charge in [0.05, 0.1) is 10.2 Å². The summed E-state index contributed by atoms with van der Waals surface area (Å²) in [7, 11) is 3.50. The number of rotatable bonds is 4.